The lowest BCUT2D eigenvalue weighted by molar-refractivity contribution is 0.0552. The fourth-order valence-corrected chi connectivity index (χ4v) is 1.45. The van der Waals surface area contributed by atoms with Gasteiger partial charge in [-0.1, -0.05) is 24.3 Å². The number of hydrazine groups is 1. The van der Waals surface area contributed by atoms with Gasteiger partial charge in [0.15, 0.2) is 0 Å². The van der Waals surface area contributed by atoms with Crippen molar-refractivity contribution in [2.24, 2.45) is 5.84 Å². The minimum atomic E-state index is -0.422. The fraction of sp³-hybridized carbons (Fsp3) is 0.308. The summed E-state index contributed by atoms with van der Waals surface area (Å²) in [5.74, 6) is 5.68. The van der Waals surface area contributed by atoms with E-state index in [2.05, 4.69) is 6.58 Å². The zero-order valence-electron chi connectivity index (χ0n) is 9.81. The predicted molar refractivity (Wildman–Crippen MR) is 65.7 cm³/mol. The van der Waals surface area contributed by atoms with Gasteiger partial charge in [0.05, 0.1) is 5.54 Å². The van der Waals surface area contributed by atoms with E-state index in [9.17, 15) is 4.79 Å². The molecule has 0 unspecified atom stereocenters. The van der Waals surface area contributed by atoms with E-state index in [0.29, 0.717) is 12.0 Å². The first-order valence-corrected chi connectivity index (χ1v) is 5.24. The highest BCUT2D eigenvalue weighted by Crippen LogP contribution is 2.18. The van der Waals surface area contributed by atoms with Crippen LogP contribution in [0.3, 0.4) is 0 Å². The third-order valence-electron chi connectivity index (χ3n) is 2.54. The summed E-state index contributed by atoms with van der Waals surface area (Å²) in [5.41, 5.74) is 0.177. The molecule has 1 amide bonds. The highest BCUT2D eigenvalue weighted by molar-refractivity contribution is 5.94. The standard InChI is InChI=1S/C13H18N2O/c1-4-10-13(2,3)15(14)12(16)11-8-6-5-7-9-11/h4-9H,1,10,14H2,2-3H3. The van der Waals surface area contributed by atoms with Gasteiger partial charge in [0.25, 0.3) is 5.91 Å². The molecule has 0 saturated heterocycles. The molecule has 1 rings (SSSR count). The van der Waals surface area contributed by atoms with Crippen LogP contribution in [0.25, 0.3) is 0 Å². The van der Waals surface area contributed by atoms with Gasteiger partial charge in [0.1, 0.15) is 0 Å². The number of benzene rings is 1. The molecule has 16 heavy (non-hydrogen) atoms. The molecule has 3 nitrogen and oxygen atoms in total. The van der Waals surface area contributed by atoms with E-state index in [0.717, 1.165) is 0 Å². The van der Waals surface area contributed by atoms with Crippen LogP contribution in [0.2, 0.25) is 0 Å². The van der Waals surface area contributed by atoms with Crippen molar-refractivity contribution in [3.63, 3.8) is 0 Å². The molecule has 1 aromatic rings. The molecule has 0 aliphatic heterocycles. The minimum absolute atomic E-state index is 0.174. The number of nitrogens with two attached hydrogens (primary N) is 1. The number of carbonyl (C=O) groups is 1. The second-order valence-electron chi connectivity index (χ2n) is 4.35. The number of amides is 1. The average molecular weight is 218 g/mol. The molecule has 0 heterocycles. The molecule has 0 atom stereocenters. The van der Waals surface area contributed by atoms with Gasteiger partial charge in [0, 0.05) is 5.56 Å². The molecule has 1 aromatic carbocycles. The van der Waals surface area contributed by atoms with E-state index >= 15 is 0 Å². The number of hydrogen-bond acceptors (Lipinski definition) is 2. The van der Waals surface area contributed by atoms with E-state index < -0.39 is 5.54 Å². The van der Waals surface area contributed by atoms with E-state index in [1.54, 1.807) is 18.2 Å². The molecule has 2 N–H and O–H groups in total. The van der Waals surface area contributed by atoms with Crippen LogP contribution in [-0.2, 0) is 0 Å². The predicted octanol–water partition coefficient (Wildman–Crippen LogP) is 2.36. The molecule has 0 aliphatic rings. The Morgan fingerprint density at radius 3 is 2.50 bits per heavy atom. The van der Waals surface area contributed by atoms with E-state index in [1.807, 2.05) is 32.0 Å². The maximum atomic E-state index is 12.0. The fourth-order valence-electron chi connectivity index (χ4n) is 1.45. The summed E-state index contributed by atoms with van der Waals surface area (Å²) in [7, 11) is 0. The molecular weight excluding hydrogens is 200 g/mol. The van der Waals surface area contributed by atoms with Gasteiger partial charge in [-0.25, -0.2) is 5.84 Å². The van der Waals surface area contributed by atoms with Crippen LogP contribution < -0.4 is 5.84 Å². The highest BCUT2D eigenvalue weighted by atomic mass is 16.2. The van der Waals surface area contributed by atoms with Crippen LogP contribution in [0.1, 0.15) is 30.6 Å². The van der Waals surface area contributed by atoms with Crippen molar-refractivity contribution in [3.05, 3.63) is 48.6 Å². The van der Waals surface area contributed by atoms with E-state index in [4.69, 9.17) is 5.84 Å². The number of nitrogens with zero attached hydrogens (tertiary/aromatic N) is 1. The minimum Gasteiger partial charge on any atom is -0.271 e. The SMILES string of the molecule is C=CCC(C)(C)N(N)C(=O)c1ccccc1. The van der Waals surface area contributed by atoms with Gasteiger partial charge >= 0.3 is 0 Å². The summed E-state index contributed by atoms with van der Waals surface area (Å²) >= 11 is 0. The average Bonchev–Trinajstić information content (AvgIpc) is 2.28. The molecule has 3 heteroatoms. The zero-order valence-corrected chi connectivity index (χ0v) is 9.81. The smallest absolute Gasteiger partial charge is 0.268 e. The lowest BCUT2D eigenvalue weighted by Gasteiger charge is -2.34. The number of carbonyl (C=O) groups excluding carboxylic acids is 1. The Hall–Kier alpha value is -1.61. The van der Waals surface area contributed by atoms with Crippen LogP contribution in [-0.4, -0.2) is 16.5 Å². The van der Waals surface area contributed by atoms with Crippen molar-refractivity contribution in [2.45, 2.75) is 25.8 Å². The normalized spacial score (nSPS) is 10.9. The molecule has 86 valence electrons. The van der Waals surface area contributed by atoms with Crippen molar-refractivity contribution in [2.75, 3.05) is 0 Å². The van der Waals surface area contributed by atoms with Crippen LogP contribution in [0.15, 0.2) is 43.0 Å². The summed E-state index contributed by atoms with van der Waals surface area (Å²) in [4.78, 5) is 12.0. The van der Waals surface area contributed by atoms with Crippen molar-refractivity contribution < 1.29 is 4.79 Å². The summed E-state index contributed by atoms with van der Waals surface area (Å²) in [6.07, 6.45) is 2.42. The Labute approximate surface area is 96.5 Å². The monoisotopic (exact) mass is 218 g/mol. The van der Waals surface area contributed by atoms with Crippen molar-refractivity contribution in [3.8, 4) is 0 Å². The van der Waals surface area contributed by atoms with E-state index in [1.165, 1.54) is 5.01 Å². The molecule has 0 saturated carbocycles. The van der Waals surface area contributed by atoms with Crippen molar-refractivity contribution >= 4 is 5.91 Å². The highest BCUT2D eigenvalue weighted by Gasteiger charge is 2.27. The Morgan fingerprint density at radius 2 is 2.00 bits per heavy atom. The lowest BCUT2D eigenvalue weighted by atomic mass is 9.99. The van der Waals surface area contributed by atoms with Crippen LogP contribution >= 0.6 is 0 Å². The van der Waals surface area contributed by atoms with Crippen LogP contribution in [0.5, 0.6) is 0 Å². The number of hydrogen-bond donors (Lipinski definition) is 1. The Kier molecular flexibility index (Phi) is 3.85. The molecular formula is C13H18N2O. The molecule has 0 spiro atoms. The van der Waals surface area contributed by atoms with Crippen LogP contribution in [0.4, 0.5) is 0 Å². The van der Waals surface area contributed by atoms with E-state index in [-0.39, 0.29) is 5.91 Å². The molecule has 0 bridgehead atoms. The molecule has 0 aromatic heterocycles. The lowest BCUT2D eigenvalue weighted by Crippen LogP contribution is -2.52. The van der Waals surface area contributed by atoms with Gasteiger partial charge in [-0.15, -0.1) is 6.58 Å². The third kappa shape index (κ3) is 2.70. The molecule has 0 aliphatic carbocycles. The van der Waals surface area contributed by atoms with Gasteiger partial charge in [-0.2, -0.15) is 0 Å². The number of rotatable bonds is 4. The first kappa shape index (κ1) is 12.5. The van der Waals surface area contributed by atoms with Gasteiger partial charge in [0.2, 0.25) is 0 Å². The molecule has 0 radical (unpaired) electrons. The first-order valence-electron chi connectivity index (χ1n) is 5.24. The quantitative estimate of drug-likeness (QED) is 0.365. The zero-order chi connectivity index (χ0) is 12.2. The van der Waals surface area contributed by atoms with Crippen LogP contribution in [0, 0.1) is 0 Å². The second-order valence-corrected chi connectivity index (χ2v) is 4.35. The van der Waals surface area contributed by atoms with Gasteiger partial charge < -0.3 is 0 Å². The summed E-state index contributed by atoms with van der Waals surface area (Å²) in [5, 5.41) is 1.27. The van der Waals surface area contributed by atoms with Crippen molar-refractivity contribution in [1.29, 1.82) is 0 Å². The van der Waals surface area contributed by atoms with Gasteiger partial charge in [-0.3, -0.25) is 9.80 Å². The maximum Gasteiger partial charge on any atom is 0.268 e. The summed E-state index contributed by atoms with van der Waals surface area (Å²) < 4.78 is 0. The first-order chi connectivity index (χ1) is 7.49. The largest absolute Gasteiger partial charge is 0.271 e. The summed E-state index contributed by atoms with van der Waals surface area (Å²) in [6, 6.07) is 9.02. The molecule has 0 fully saturated rings. The summed E-state index contributed by atoms with van der Waals surface area (Å²) in [6.45, 7) is 7.49. The topological polar surface area (TPSA) is 46.3 Å². The van der Waals surface area contributed by atoms with Crippen molar-refractivity contribution in [1.82, 2.24) is 5.01 Å². The Morgan fingerprint density at radius 1 is 1.44 bits per heavy atom. The Balaban J connectivity index is 2.86. The third-order valence-corrected chi connectivity index (χ3v) is 2.54. The second kappa shape index (κ2) is 4.94. The Bertz CT molecular complexity index is 371. The van der Waals surface area contributed by atoms with Gasteiger partial charge in [-0.05, 0) is 32.4 Å². The maximum absolute atomic E-state index is 12.0.